The smallest absolute Gasteiger partial charge is 0.123 e. The maximum atomic E-state index is 5.39. The van der Waals surface area contributed by atoms with E-state index in [9.17, 15) is 0 Å². The molecule has 0 fully saturated rings. The Labute approximate surface area is 134 Å². The first-order valence-corrected chi connectivity index (χ1v) is 8.32. The summed E-state index contributed by atoms with van der Waals surface area (Å²) in [6, 6.07) is 10.5. The molecule has 19 heavy (non-hydrogen) atoms. The van der Waals surface area contributed by atoms with Crippen molar-refractivity contribution in [1.82, 2.24) is 5.32 Å². The molecule has 2 rings (SSSR count). The molecule has 0 saturated heterocycles. The van der Waals surface area contributed by atoms with E-state index in [-0.39, 0.29) is 6.04 Å². The highest BCUT2D eigenvalue weighted by Crippen LogP contribution is 2.33. The second kappa shape index (κ2) is 6.88. The van der Waals surface area contributed by atoms with Crippen molar-refractivity contribution in [3.63, 3.8) is 0 Å². The summed E-state index contributed by atoms with van der Waals surface area (Å²) in [5, 5.41) is 3.52. The highest BCUT2D eigenvalue weighted by molar-refractivity contribution is 9.13. The third-order valence-electron chi connectivity index (χ3n) is 2.88. The molecule has 0 aliphatic rings. The Hall–Kier alpha value is -0.360. The third kappa shape index (κ3) is 3.81. The van der Waals surface area contributed by atoms with Gasteiger partial charge in [0.15, 0.2) is 0 Å². The summed E-state index contributed by atoms with van der Waals surface area (Å²) in [6.07, 6.45) is 0. The molecular formula is C14H15Br2NOS. The van der Waals surface area contributed by atoms with E-state index >= 15 is 0 Å². The van der Waals surface area contributed by atoms with Crippen molar-refractivity contribution in [2.75, 3.05) is 7.11 Å². The zero-order valence-corrected chi connectivity index (χ0v) is 14.7. The average Bonchev–Trinajstić information content (AvgIpc) is 2.75. The second-order valence-corrected chi connectivity index (χ2v) is 7.49. The van der Waals surface area contributed by atoms with Crippen molar-refractivity contribution in [1.29, 1.82) is 0 Å². The fourth-order valence-corrected chi connectivity index (χ4v) is 3.99. The van der Waals surface area contributed by atoms with Crippen LogP contribution < -0.4 is 10.1 Å². The van der Waals surface area contributed by atoms with Gasteiger partial charge in [-0.25, -0.2) is 0 Å². The Morgan fingerprint density at radius 1 is 1.32 bits per heavy atom. The van der Waals surface area contributed by atoms with E-state index in [0.717, 1.165) is 20.6 Å². The van der Waals surface area contributed by atoms with Crippen molar-refractivity contribution in [3.05, 3.63) is 49.0 Å². The molecule has 102 valence electrons. The summed E-state index contributed by atoms with van der Waals surface area (Å²) >= 11 is 8.76. The Kier molecular flexibility index (Phi) is 5.45. The lowest BCUT2D eigenvalue weighted by molar-refractivity contribution is 0.401. The fraction of sp³-hybridized carbons (Fsp3) is 0.286. The molecule has 0 saturated carbocycles. The van der Waals surface area contributed by atoms with Crippen LogP contribution in [-0.4, -0.2) is 7.11 Å². The number of nitrogens with one attached hydrogen (secondary N) is 1. The molecule has 1 aromatic carbocycles. The number of hydrogen-bond donors (Lipinski definition) is 1. The SMILES string of the molecule is COc1ccccc1[C@H](C)NCc1cc(Br)c(Br)s1. The highest BCUT2D eigenvalue weighted by Gasteiger charge is 2.11. The summed E-state index contributed by atoms with van der Waals surface area (Å²) in [5.74, 6) is 0.927. The number of benzene rings is 1. The number of rotatable bonds is 5. The van der Waals surface area contributed by atoms with Crippen molar-refractivity contribution in [2.45, 2.75) is 19.5 Å². The van der Waals surface area contributed by atoms with Gasteiger partial charge >= 0.3 is 0 Å². The van der Waals surface area contributed by atoms with Crippen LogP contribution in [0.4, 0.5) is 0 Å². The molecule has 2 nitrogen and oxygen atoms in total. The number of thiophene rings is 1. The van der Waals surface area contributed by atoms with Crippen LogP contribution in [0, 0.1) is 0 Å². The number of ether oxygens (including phenoxy) is 1. The monoisotopic (exact) mass is 403 g/mol. The van der Waals surface area contributed by atoms with Crippen LogP contribution in [-0.2, 0) is 6.54 Å². The number of halogens is 2. The lowest BCUT2D eigenvalue weighted by Gasteiger charge is -2.16. The molecule has 0 radical (unpaired) electrons. The highest BCUT2D eigenvalue weighted by atomic mass is 79.9. The van der Waals surface area contributed by atoms with Gasteiger partial charge in [-0.1, -0.05) is 18.2 Å². The number of para-hydroxylation sites is 1. The molecule has 0 unspecified atom stereocenters. The van der Waals surface area contributed by atoms with Crippen LogP contribution in [0.15, 0.2) is 38.6 Å². The maximum Gasteiger partial charge on any atom is 0.123 e. The first-order chi connectivity index (χ1) is 9.11. The van der Waals surface area contributed by atoms with Crippen molar-refractivity contribution in [2.24, 2.45) is 0 Å². The fourth-order valence-electron chi connectivity index (χ4n) is 1.87. The summed E-state index contributed by atoms with van der Waals surface area (Å²) in [5.41, 5.74) is 1.18. The predicted molar refractivity (Wildman–Crippen MR) is 88.0 cm³/mol. The summed E-state index contributed by atoms with van der Waals surface area (Å²) in [6.45, 7) is 2.99. The van der Waals surface area contributed by atoms with Gasteiger partial charge in [0.1, 0.15) is 5.75 Å². The van der Waals surface area contributed by atoms with Crippen LogP contribution in [0.1, 0.15) is 23.4 Å². The molecule has 1 aromatic heterocycles. The van der Waals surface area contributed by atoms with E-state index in [1.54, 1.807) is 18.4 Å². The molecule has 2 aromatic rings. The lowest BCUT2D eigenvalue weighted by Crippen LogP contribution is -2.18. The second-order valence-electron chi connectivity index (χ2n) is 4.18. The Bertz CT molecular complexity index is 537. The van der Waals surface area contributed by atoms with E-state index in [4.69, 9.17) is 4.74 Å². The van der Waals surface area contributed by atoms with Crippen LogP contribution in [0.2, 0.25) is 0 Å². The summed E-state index contributed by atoms with van der Waals surface area (Å²) in [7, 11) is 1.71. The van der Waals surface area contributed by atoms with E-state index in [0.29, 0.717) is 0 Å². The van der Waals surface area contributed by atoms with Crippen LogP contribution >= 0.6 is 43.2 Å². The van der Waals surface area contributed by atoms with Gasteiger partial charge in [-0.3, -0.25) is 0 Å². The van der Waals surface area contributed by atoms with Gasteiger partial charge in [-0.2, -0.15) is 0 Å². The van der Waals surface area contributed by atoms with Crippen LogP contribution in [0.5, 0.6) is 5.75 Å². The van der Waals surface area contributed by atoms with Crippen molar-refractivity contribution in [3.8, 4) is 5.75 Å². The van der Waals surface area contributed by atoms with Gasteiger partial charge in [-0.15, -0.1) is 11.3 Å². The zero-order valence-electron chi connectivity index (χ0n) is 10.7. The minimum absolute atomic E-state index is 0.246. The molecule has 1 heterocycles. The van der Waals surface area contributed by atoms with Gasteiger partial charge in [-0.05, 0) is 50.9 Å². The molecule has 0 spiro atoms. The first kappa shape index (κ1) is 15.0. The summed E-state index contributed by atoms with van der Waals surface area (Å²) in [4.78, 5) is 1.29. The third-order valence-corrected chi connectivity index (χ3v) is 6.14. The van der Waals surface area contributed by atoms with Crippen molar-refractivity contribution >= 4 is 43.2 Å². The average molecular weight is 405 g/mol. The number of methoxy groups -OCH3 is 1. The first-order valence-electron chi connectivity index (χ1n) is 5.92. The van der Waals surface area contributed by atoms with Gasteiger partial charge < -0.3 is 10.1 Å². The molecule has 0 aliphatic heterocycles. The topological polar surface area (TPSA) is 21.3 Å². The van der Waals surface area contributed by atoms with Gasteiger partial charge in [0.25, 0.3) is 0 Å². The largest absolute Gasteiger partial charge is 0.496 e. The molecule has 5 heteroatoms. The van der Waals surface area contributed by atoms with E-state index in [1.807, 2.05) is 18.2 Å². The lowest BCUT2D eigenvalue weighted by atomic mass is 10.1. The minimum Gasteiger partial charge on any atom is -0.496 e. The Balaban J connectivity index is 2.03. The van der Waals surface area contributed by atoms with E-state index < -0.39 is 0 Å². The molecule has 0 aliphatic carbocycles. The molecule has 1 atom stereocenters. The van der Waals surface area contributed by atoms with Gasteiger partial charge in [0, 0.05) is 27.5 Å². The molecular weight excluding hydrogens is 390 g/mol. The van der Waals surface area contributed by atoms with Crippen LogP contribution in [0.25, 0.3) is 0 Å². The van der Waals surface area contributed by atoms with Crippen molar-refractivity contribution < 1.29 is 4.74 Å². The molecule has 0 bridgehead atoms. The predicted octanol–water partition coefficient (Wildman–Crippen LogP) is 5.13. The van der Waals surface area contributed by atoms with Gasteiger partial charge in [0.05, 0.1) is 10.9 Å². The minimum atomic E-state index is 0.246. The van der Waals surface area contributed by atoms with Crippen LogP contribution in [0.3, 0.4) is 0 Å². The molecule has 0 amide bonds. The summed E-state index contributed by atoms with van der Waals surface area (Å²) < 4.78 is 7.63. The molecule has 1 N–H and O–H groups in total. The zero-order chi connectivity index (χ0) is 13.8. The van der Waals surface area contributed by atoms with Gasteiger partial charge in [0.2, 0.25) is 0 Å². The Morgan fingerprint density at radius 2 is 2.05 bits per heavy atom. The van der Waals surface area contributed by atoms with E-state index in [1.165, 1.54) is 10.4 Å². The maximum absolute atomic E-state index is 5.39. The quantitative estimate of drug-likeness (QED) is 0.745. The normalized spacial score (nSPS) is 12.4. The van der Waals surface area contributed by atoms with E-state index in [2.05, 4.69) is 56.2 Å². The Morgan fingerprint density at radius 3 is 2.68 bits per heavy atom. The number of hydrogen-bond acceptors (Lipinski definition) is 3. The standard InChI is InChI=1S/C14H15Br2NOS/c1-9(11-5-3-4-6-13(11)18-2)17-8-10-7-12(15)14(16)19-10/h3-7,9,17H,8H2,1-2H3/t9-/m0/s1.